The van der Waals surface area contributed by atoms with Crippen molar-refractivity contribution in [1.29, 1.82) is 0 Å². The Labute approximate surface area is 155 Å². The average molecular weight is 266 g/mol. The zero-order valence-electron chi connectivity index (χ0n) is 13.0. The van der Waals surface area contributed by atoms with Crippen molar-refractivity contribution >= 4 is 0 Å². The monoisotopic (exact) mass is 266 g/mol. The first-order chi connectivity index (χ1) is 7.03. The molecule has 0 aliphatic carbocycles. The summed E-state index contributed by atoms with van der Waals surface area (Å²) >= 11 is 0. The number of rotatable bonds is 0. The molecule has 1 aromatic rings. The number of hydrogen-bond donors (Lipinski definition) is 0. The van der Waals surface area contributed by atoms with Gasteiger partial charge in [-0.3, -0.25) is 0 Å². The maximum absolute atomic E-state index is 11.8. The maximum Gasteiger partial charge on any atom is 1.00 e. The zero-order chi connectivity index (χ0) is 12.7. The standard InChI is InChI=1S/C14H22O2.2Na/c1-13(2,3)9-7-10(14(4,5)6)12(16)11(15)8-9;;/h7-8,15-16H,1-6H3;;/q;2*+1/p-2. The Morgan fingerprint density at radius 3 is 1.56 bits per heavy atom. The van der Waals surface area contributed by atoms with Crippen molar-refractivity contribution in [2.75, 3.05) is 0 Å². The molecule has 4 heteroatoms. The smallest absolute Gasteiger partial charge is 0.873 e. The fourth-order valence-electron chi connectivity index (χ4n) is 1.59. The molecule has 1 aromatic carbocycles. The summed E-state index contributed by atoms with van der Waals surface area (Å²) in [5, 5.41) is 23.4. The first-order valence-electron chi connectivity index (χ1n) is 5.56. The first-order valence-corrected chi connectivity index (χ1v) is 5.56. The summed E-state index contributed by atoms with van der Waals surface area (Å²) in [7, 11) is 0. The topological polar surface area (TPSA) is 46.1 Å². The van der Waals surface area contributed by atoms with E-state index in [1.165, 1.54) is 6.07 Å². The molecule has 0 saturated heterocycles. The second kappa shape index (κ2) is 7.01. The fourth-order valence-corrected chi connectivity index (χ4v) is 1.59. The zero-order valence-corrected chi connectivity index (χ0v) is 17.0. The van der Waals surface area contributed by atoms with E-state index >= 15 is 0 Å². The molecule has 0 heterocycles. The van der Waals surface area contributed by atoms with Gasteiger partial charge in [0.15, 0.2) is 0 Å². The first kappa shape index (κ1) is 21.1. The number of benzene rings is 1. The van der Waals surface area contributed by atoms with Crippen LogP contribution in [0.3, 0.4) is 0 Å². The minimum Gasteiger partial charge on any atom is -0.873 e. The van der Waals surface area contributed by atoms with Gasteiger partial charge in [0.25, 0.3) is 0 Å². The van der Waals surface area contributed by atoms with E-state index in [2.05, 4.69) is 0 Å². The van der Waals surface area contributed by atoms with Crippen LogP contribution in [0.1, 0.15) is 52.7 Å². The minimum atomic E-state index is -0.391. The SMILES string of the molecule is CC(C)(C)c1cc([O-])c([O-])c(C(C)(C)C)c1.[Na+].[Na+]. The van der Waals surface area contributed by atoms with Crippen LogP contribution in [-0.2, 0) is 10.8 Å². The van der Waals surface area contributed by atoms with E-state index < -0.39 is 5.75 Å². The van der Waals surface area contributed by atoms with Gasteiger partial charge in [-0.1, -0.05) is 59.2 Å². The van der Waals surface area contributed by atoms with Crippen LogP contribution < -0.4 is 69.3 Å². The maximum atomic E-state index is 11.8. The van der Waals surface area contributed by atoms with Gasteiger partial charge in [-0.05, 0) is 16.4 Å². The van der Waals surface area contributed by atoms with Crippen LogP contribution in [-0.4, -0.2) is 0 Å². The molecule has 90 valence electrons. The van der Waals surface area contributed by atoms with Crippen molar-refractivity contribution in [2.45, 2.75) is 52.4 Å². The van der Waals surface area contributed by atoms with Crippen LogP contribution in [0.2, 0.25) is 0 Å². The third kappa shape index (κ3) is 5.07. The van der Waals surface area contributed by atoms with E-state index in [0.717, 1.165) is 5.56 Å². The molecule has 0 unspecified atom stereocenters. The third-order valence-electron chi connectivity index (χ3n) is 2.73. The Bertz CT molecular complexity index is 401. The Balaban J connectivity index is 0. The molecule has 0 atom stereocenters. The summed E-state index contributed by atoms with van der Waals surface area (Å²) in [6.07, 6.45) is 0. The third-order valence-corrected chi connectivity index (χ3v) is 2.73. The molecule has 18 heavy (non-hydrogen) atoms. The molecule has 0 fully saturated rings. The summed E-state index contributed by atoms with van der Waals surface area (Å²) in [4.78, 5) is 0. The summed E-state index contributed by atoms with van der Waals surface area (Å²) in [6, 6.07) is 3.35. The molecule has 0 spiro atoms. The Kier molecular flexibility index (Phi) is 8.23. The summed E-state index contributed by atoms with van der Waals surface area (Å²) < 4.78 is 0. The van der Waals surface area contributed by atoms with E-state index in [0.29, 0.717) is 5.56 Å². The van der Waals surface area contributed by atoms with Crippen molar-refractivity contribution in [3.05, 3.63) is 23.3 Å². The Morgan fingerprint density at radius 2 is 1.22 bits per heavy atom. The average Bonchev–Trinajstić information content (AvgIpc) is 2.05. The van der Waals surface area contributed by atoms with Crippen molar-refractivity contribution in [3.63, 3.8) is 0 Å². The van der Waals surface area contributed by atoms with Gasteiger partial charge in [-0.25, -0.2) is 0 Å². The summed E-state index contributed by atoms with van der Waals surface area (Å²) in [5.41, 5.74) is 1.16. The predicted molar refractivity (Wildman–Crippen MR) is 62.7 cm³/mol. The molecule has 0 N–H and O–H groups in total. The van der Waals surface area contributed by atoms with Crippen molar-refractivity contribution in [3.8, 4) is 11.5 Å². The quantitative estimate of drug-likeness (QED) is 0.456. The summed E-state index contributed by atoms with van der Waals surface area (Å²) in [6.45, 7) is 12.0. The molecular formula is C14H20Na2O2. The van der Waals surface area contributed by atoms with E-state index in [-0.39, 0.29) is 75.7 Å². The second-order valence-electron chi connectivity index (χ2n) is 6.35. The van der Waals surface area contributed by atoms with Crippen LogP contribution in [0.25, 0.3) is 0 Å². The van der Waals surface area contributed by atoms with E-state index in [9.17, 15) is 10.2 Å². The normalized spacial score (nSPS) is 11.4. The van der Waals surface area contributed by atoms with Crippen LogP contribution in [0.15, 0.2) is 12.1 Å². The van der Waals surface area contributed by atoms with Gasteiger partial charge in [-0.15, -0.1) is 11.5 Å². The van der Waals surface area contributed by atoms with E-state index in [1.807, 2.05) is 47.6 Å². The van der Waals surface area contributed by atoms with Gasteiger partial charge >= 0.3 is 59.1 Å². The Morgan fingerprint density at radius 1 is 0.778 bits per heavy atom. The molecule has 0 aromatic heterocycles. The Hall–Kier alpha value is 0.820. The van der Waals surface area contributed by atoms with Gasteiger partial charge in [0.05, 0.1) is 0 Å². The van der Waals surface area contributed by atoms with Crippen LogP contribution in [0.5, 0.6) is 11.5 Å². The second-order valence-corrected chi connectivity index (χ2v) is 6.35. The van der Waals surface area contributed by atoms with Crippen molar-refractivity contribution in [1.82, 2.24) is 0 Å². The molecular weight excluding hydrogens is 246 g/mol. The number of hydrogen-bond acceptors (Lipinski definition) is 2. The van der Waals surface area contributed by atoms with Crippen molar-refractivity contribution < 1.29 is 69.3 Å². The van der Waals surface area contributed by atoms with Crippen LogP contribution >= 0.6 is 0 Å². The molecule has 0 bridgehead atoms. The molecule has 2 nitrogen and oxygen atoms in total. The van der Waals surface area contributed by atoms with Crippen LogP contribution in [0.4, 0.5) is 0 Å². The van der Waals surface area contributed by atoms with Gasteiger partial charge < -0.3 is 10.2 Å². The van der Waals surface area contributed by atoms with Gasteiger partial charge in [0, 0.05) is 0 Å². The molecule has 1 rings (SSSR count). The minimum absolute atomic E-state index is 0. The van der Waals surface area contributed by atoms with E-state index in [1.54, 1.807) is 0 Å². The van der Waals surface area contributed by atoms with E-state index in [4.69, 9.17) is 0 Å². The molecule has 0 radical (unpaired) electrons. The molecule has 0 aliphatic heterocycles. The molecule has 0 saturated carbocycles. The van der Waals surface area contributed by atoms with Crippen molar-refractivity contribution in [2.24, 2.45) is 0 Å². The molecule has 0 amide bonds. The molecule has 0 aliphatic rings. The summed E-state index contributed by atoms with van der Waals surface area (Å²) in [5.74, 6) is -0.752. The van der Waals surface area contributed by atoms with Gasteiger partial charge in [0.2, 0.25) is 0 Å². The van der Waals surface area contributed by atoms with Gasteiger partial charge in [0.1, 0.15) is 0 Å². The largest absolute Gasteiger partial charge is 1.00 e. The van der Waals surface area contributed by atoms with Gasteiger partial charge in [-0.2, -0.15) is 0 Å². The fraction of sp³-hybridized carbons (Fsp3) is 0.571. The predicted octanol–water partition coefficient (Wildman–Crippen LogP) is -3.56. The van der Waals surface area contributed by atoms with Crippen LogP contribution in [0, 0.1) is 0 Å².